The van der Waals surface area contributed by atoms with E-state index in [-0.39, 0.29) is 36.4 Å². The Balaban J connectivity index is 0.967. The van der Waals surface area contributed by atoms with Crippen LogP contribution >= 0.6 is 0 Å². The molecule has 8 rings (SSSR count). The molecule has 0 radical (unpaired) electrons. The van der Waals surface area contributed by atoms with Crippen molar-refractivity contribution in [1.82, 2.24) is 29.7 Å². The average molecular weight is 674 g/mol. The van der Waals surface area contributed by atoms with E-state index in [0.29, 0.717) is 29.0 Å². The fourth-order valence-corrected chi connectivity index (χ4v) is 7.70. The second-order valence-corrected chi connectivity index (χ2v) is 16.2. The van der Waals surface area contributed by atoms with Crippen molar-refractivity contribution in [3.8, 4) is 39.7 Å². The normalized spacial score (nSPS) is 25.1. The third kappa shape index (κ3) is 6.01. The molecule has 2 saturated heterocycles. The number of hydrogen-bond acceptors (Lipinski definition) is 7. The van der Waals surface area contributed by atoms with Crippen molar-refractivity contribution >= 4 is 12.2 Å². The number of fused-ring (bicyclic) bond motifs is 2. The van der Waals surface area contributed by atoms with E-state index in [1.54, 1.807) is 0 Å². The summed E-state index contributed by atoms with van der Waals surface area (Å²) in [7, 11) is 0. The Morgan fingerprint density at radius 1 is 0.720 bits per heavy atom. The average Bonchev–Trinajstić information content (AvgIpc) is 3.68. The minimum atomic E-state index is -0.590. The van der Waals surface area contributed by atoms with Crippen LogP contribution in [0, 0.1) is 23.2 Å². The molecule has 6 atom stereocenters. The molecule has 4 heterocycles. The molecule has 2 unspecified atom stereocenters. The van der Waals surface area contributed by atoms with Gasteiger partial charge in [0.2, 0.25) is 0 Å². The first-order valence-electron chi connectivity index (χ1n) is 17.6. The van der Waals surface area contributed by atoms with Crippen LogP contribution in [-0.4, -0.2) is 65.2 Å². The van der Waals surface area contributed by atoms with Crippen molar-refractivity contribution < 1.29 is 19.1 Å². The molecular weight excluding hydrogens is 630 g/mol. The van der Waals surface area contributed by atoms with Gasteiger partial charge in [-0.25, -0.2) is 19.6 Å². The minimum absolute atomic E-state index is 0.111. The summed E-state index contributed by atoms with van der Waals surface area (Å²) in [5.74, 6) is 2.37. The van der Waals surface area contributed by atoms with E-state index in [0.717, 1.165) is 59.5 Å². The van der Waals surface area contributed by atoms with Crippen LogP contribution in [0.4, 0.5) is 9.59 Å². The van der Waals surface area contributed by atoms with Gasteiger partial charge in [-0.15, -0.1) is 0 Å². The highest BCUT2D eigenvalue weighted by molar-refractivity contribution is 5.74. The first-order valence-corrected chi connectivity index (χ1v) is 17.6. The first kappa shape index (κ1) is 32.1. The largest absolute Gasteiger partial charge is 0.444 e. The van der Waals surface area contributed by atoms with Gasteiger partial charge in [-0.2, -0.15) is 5.26 Å². The maximum absolute atomic E-state index is 13.1. The number of piperidine rings is 2. The van der Waals surface area contributed by atoms with Crippen LogP contribution in [0.3, 0.4) is 0 Å². The van der Waals surface area contributed by atoms with Gasteiger partial charge in [-0.3, -0.25) is 9.80 Å². The number of aromatic nitrogens is 4. The molecule has 4 aromatic rings. The molecule has 0 bridgehead atoms. The van der Waals surface area contributed by atoms with Gasteiger partial charge in [0, 0.05) is 29.4 Å². The Labute approximate surface area is 292 Å². The molecule has 2 aliphatic heterocycles. The van der Waals surface area contributed by atoms with Gasteiger partial charge in [0.05, 0.1) is 17.8 Å². The molecule has 258 valence electrons. The molecule has 50 heavy (non-hydrogen) atoms. The number of benzene rings is 2. The van der Waals surface area contributed by atoms with Gasteiger partial charge in [0.15, 0.2) is 0 Å². The lowest BCUT2D eigenvalue weighted by atomic mass is 10.0. The molecule has 4 fully saturated rings. The Morgan fingerprint density at radius 2 is 1.20 bits per heavy atom. The highest BCUT2D eigenvalue weighted by Gasteiger charge is 2.57. The van der Waals surface area contributed by atoms with Gasteiger partial charge >= 0.3 is 12.2 Å². The standard InChI is InChI=1S/C39H43N7O4/c1-38(2,3)49-36(47)45-29-15-25(29)17-31(45)34-41-20-28(43-34)23-11-7-21(8-12-23)22-9-13-24(14-10-22)33-27(19-40)42-35(44-33)32-18-26-16-30(26)46(32)37(48)50-39(4,5)6/h7-14,20,25-26,29-32H,15-18H2,1-6H3,(H,41,43)(H,42,44)/t25-,26?,29?,30-,31+,32+/m1/s1. The Kier molecular flexibility index (Phi) is 7.37. The molecule has 11 heteroatoms. The second kappa shape index (κ2) is 11.5. The number of hydrogen-bond donors (Lipinski definition) is 2. The summed E-state index contributed by atoms with van der Waals surface area (Å²) in [6, 6.07) is 18.6. The molecule has 2 saturated carbocycles. The number of rotatable bonds is 5. The third-order valence-electron chi connectivity index (χ3n) is 10.2. The summed E-state index contributed by atoms with van der Waals surface area (Å²) in [4.78, 5) is 46.1. The number of imidazole rings is 2. The predicted octanol–water partition coefficient (Wildman–Crippen LogP) is 8.15. The number of amides is 2. The molecule has 0 spiro atoms. The van der Waals surface area contributed by atoms with E-state index in [4.69, 9.17) is 19.4 Å². The number of carbonyl (C=O) groups is 2. The zero-order valence-corrected chi connectivity index (χ0v) is 29.4. The van der Waals surface area contributed by atoms with E-state index >= 15 is 0 Å². The lowest BCUT2D eigenvalue weighted by Crippen LogP contribution is -2.38. The van der Waals surface area contributed by atoms with Crippen LogP contribution in [0.5, 0.6) is 0 Å². The topological polar surface area (TPSA) is 140 Å². The summed E-state index contributed by atoms with van der Waals surface area (Å²) in [6.45, 7) is 11.3. The summed E-state index contributed by atoms with van der Waals surface area (Å²) in [5.41, 5.74) is 4.53. The molecule has 2 N–H and O–H groups in total. The van der Waals surface area contributed by atoms with Crippen molar-refractivity contribution in [3.05, 3.63) is 72.1 Å². The molecule has 2 aromatic carbocycles. The number of H-pyrrole nitrogens is 2. The molecule has 4 aliphatic rings. The number of carbonyl (C=O) groups excluding carboxylic acids is 2. The van der Waals surface area contributed by atoms with Gasteiger partial charge in [-0.1, -0.05) is 48.5 Å². The Bertz CT molecular complexity index is 1990. The number of likely N-dealkylation sites (tertiary alicyclic amines) is 2. The summed E-state index contributed by atoms with van der Waals surface area (Å²) in [6.07, 6.45) is 5.02. The molecular formula is C39H43N7O4. The zero-order valence-electron chi connectivity index (χ0n) is 29.4. The van der Waals surface area contributed by atoms with Crippen LogP contribution in [0.1, 0.15) is 96.7 Å². The molecule has 2 aliphatic carbocycles. The number of nitrogens with zero attached hydrogens (tertiary/aromatic N) is 5. The van der Waals surface area contributed by atoms with Crippen LogP contribution < -0.4 is 0 Å². The first-order chi connectivity index (χ1) is 23.8. The van der Waals surface area contributed by atoms with Crippen LogP contribution in [0.15, 0.2) is 54.7 Å². The van der Waals surface area contributed by atoms with Gasteiger partial charge in [-0.05, 0) is 90.2 Å². The fraction of sp³-hybridized carbons (Fsp3) is 0.462. The van der Waals surface area contributed by atoms with E-state index in [2.05, 4.69) is 40.3 Å². The third-order valence-corrected chi connectivity index (χ3v) is 10.2. The predicted molar refractivity (Wildman–Crippen MR) is 186 cm³/mol. The van der Waals surface area contributed by atoms with E-state index in [1.165, 1.54) is 0 Å². The highest BCUT2D eigenvalue weighted by Crippen LogP contribution is 2.54. The van der Waals surface area contributed by atoms with Crippen molar-refractivity contribution in [2.75, 3.05) is 0 Å². The van der Waals surface area contributed by atoms with Crippen molar-refractivity contribution in [2.45, 2.75) is 103 Å². The SMILES string of the molecule is CC(C)(C)OC(=O)N1C2C[C@@H]2C[C@H]1c1nc(-c2ccc(-c3ccc(-c4nc([C@@H]5CC6C[C@H]6N5C(=O)OC(C)(C)C)[nH]c4C#N)cc3)cc2)c[nH]1. The lowest BCUT2D eigenvalue weighted by Gasteiger charge is -2.29. The van der Waals surface area contributed by atoms with Crippen LogP contribution in [0.2, 0.25) is 0 Å². The van der Waals surface area contributed by atoms with Gasteiger partial charge < -0.3 is 19.4 Å². The van der Waals surface area contributed by atoms with E-state index < -0.39 is 11.2 Å². The lowest BCUT2D eigenvalue weighted by molar-refractivity contribution is 0.0164. The maximum Gasteiger partial charge on any atom is 0.411 e. The number of nitriles is 1. The Morgan fingerprint density at radius 3 is 1.70 bits per heavy atom. The van der Waals surface area contributed by atoms with Crippen molar-refractivity contribution in [1.29, 1.82) is 5.26 Å². The van der Waals surface area contributed by atoms with E-state index in [1.807, 2.05) is 81.8 Å². The van der Waals surface area contributed by atoms with Crippen molar-refractivity contribution in [3.63, 3.8) is 0 Å². The molecule has 2 aromatic heterocycles. The maximum atomic E-state index is 13.1. The van der Waals surface area contributed by atoms with Crippen LogP contribution in [-0.2, 0) is 9.47 Å². The Hall–Kier alpha value is -5.11. The zero-order chi connectivity index (χ0) is 35.1. The molecule has 11 nitrogen and oxygen atoms in total. The summed E-state index contributed by atoms with van der Waals surface area (Å²) < 4.78 is 11.4. The van der Waals surface area contributed by atoms with Gasteiger partial charge in [0.1, 0.15) is 40.3 Å². The van der Waals surface area contributed by atoms with E-state index in [9.17, 15) is 14.9 Å². The second-order valence-electron chi connectivity index (χ2n) is 16.2. The fourth-order valence-electron chi connectivity index (χ4n) is 7.70. The quantitative estimate of drug-likeness (QED) is 0.218. The number of nitrogens with one attached hydrogen (secondary N) is 2. The number of ether oxygens (including phenoxy) is 2. The van der Waals surface area contributed by atoms with Crippen LogP contribution in [0.25, 0.3) is 33.6 Å². The number of aromatic amines is 2. The smallest absolute Gasteiger partial charge is 0.411 e. The van der Waals surface area contributed by atoms with Gasteiger partial charge in [0.25, 0.3) is 0 Å². The molecule has 2 amide bonds. The summed E-state index contributed by atoms with van der Waals surface area (Å²) >= 11 is 0. The summed E-state index contributed by atoms with van der Waals surface area (Å²) in [5, 5.41) is 9.97. The minimum Gasteiger partial charge on any atom is -0.444 e. The van der Waals surface area contributed by atoms with Crippen molar-refractivity contribution in [2.24, 2.45) is 11.8 Å². The monoisotopic (exact) mass is 673 g/mol. The highest BCUT2D eigenvalue weighted by atomic mass is 16.6.